The number of piperidine rings is 1. The van der Waals surface area contributed by atoms with E-state index in [-0.39, 0.29) is 5.91 Å². The highest BCUT2D eigenvalue weighted by Gasteiger charge is 2.14. The second kappa shape index (κ2) is 6.73. The molecule has 0 aromatic heterocycles. The van der Waals surface area contributed by atoms with Crippen LogP contribution in [0.3, 0.4) is 0 Å². The van der Waals surface area contributed by atoms with Crippen molar-refractivity contribution in [1.29, 1.82) is 0 Å². The Labute approximate surface area is 112 Å². The van der Waals surface area contributed by atoms with Crippen LogP contribution in [0.1, 0.15) is 23.2 Å². The van der Waals surface area contributed by atoms with Crippen LogP contribution in [0.4, 0.5) is 0 Å². The molecule has 4 nitrogen and oxygen atoms in total. The number of benzene rings is 1. The quantitative estimate of drug-likeness (QED) is 0.822. The van der Waals surface area contributed by atoms with Crippen LogP contribution in [0.2, 0.25) is 5.02 Å². The first-order valence-corrected chi connectivity index (χ1v) is 6.52. The number of nitrogens with one attached hydrogen (secondary N) is 2. The molecule has 1 heterocycles. The molecule has 1 aromatic rings. The fraction of sp³-hybridized carbons (Fsp3) is 0.462. The third-order valence-electron chi connectivity index (χ3n) is 3.05. The molecule has 0 bridgehead atoms. The maximum Gasteiger partial charge on any atom is 0.274 e. The summed E-state index contributed by atoms with van der Waals surface area (Å²) in [4.78, 5) is 17.0. The Hall–Kier alpha value is -1.10. The number of hydroxylamine groups is 1. The number of rotatable bonds is 4. The summed E-state index contributed by atoms with van der Waals surface area (Å²) in [5.41, 5.74) is 3.01. The van der Waals surface area contributed by atoms with Gasteiger partial charge >= 0.3 is 0 Å². The van der Waals surface area contributed by atoms with Crippen molar-refractivity contribution in [3.8, 4) is 0 Å². The lowest BCUT2D eigenvalue weighted by Crippen LogP contribution is -2.33. The molecule has 5 heteroatoms. The topological polar surface area (TPSA) is 50.4 Å². The molecule has 1 amide bonds. The molecule has 0 saturated carbocycles. The summed E-state index contributed by atoms with van der Waals surface area (Å²) in [6, 6.07) is 6.71. The van der Waals surface area contributed by atoms with E-state index in [9.17, 15) is 4.79 Å². The zero-order chi connectivity index (χ0) is 12.8. The summed E-state index contributed by atoms with van der Waals surface area (Å²) >= 11 is 5.75. The van der Waals surface area contributed by atoms with Crippen molar-refractivity contribution in [2.75, 3.05) is 19.7 Å². The minimum atomic E-state index is -0.236. The Balaban J connectivity index is 1.72. The Bertz CT molecular complexity index is 388. The number of carbonyl (C=O) groups excluding carboxylic acids is 1. The van der Waals surface area contributed by atoms with Gasteiger partial charge in [-0.15, -0.1) is 0 Å². The van der Waals surface area contributed by atoms with E-state index in [2.05, 4.69) is 10.8 Å². The van der Waals surface area contributed by atoms with Crippen molar-refractivity contribution >= 4 is 17.5 Å². The van der Waals surface area contributed by atoms with Crippen molar-refractivity contribution in [2.45, 2.75) is 12.8 Å². The van der Waals surface area contributed by atoms with Gasteiger partial charge in [-0.25, -0.2) is 5.48 Å². The van der Waals surface area contributed by atoms with Gasteiger partial charge in [-0.1, -0.05) is 11.6 Å². The molecule has 0 radical (unpaired) electrons. The molecule has 1 fully saturated rings. The van der Waals surface area contributed by atoms with Crippen molar-refractivity contribution in [2.24, 2.45) is 5.92 Å². The normalized spacial score (nSPS) is 16.5. The smallest absolute Gasteiger partial charge is 0.274 e. The Morgan fingerprint density at radius 1 is 1.33 bits per heavy atom. The molecule has 1 aliphatic rings. The fourth-order valence-electron chi connectivity index (χ4n) is 1.93. The fourth-order valence-corrected chi connectivity index (χ4v) is 2.06. The van der Waals surface area contributed by atoms with E-state index in [1.54, 1.807) is 24.3 Å². The van der Waals surface area contributed by atoms with Crippen LogP contribution in [0, 0.1) is 5.92 Å². The molecule has 1 saturated heterocycles. The lowest BCUT2D eigenvalue weighted by atomic mass is 10.00. The van der Waals surface area contributed by atoms with Gasteiger partial charge in [0.05, 0.1) is 6.61 Å². The summed E-state index contributed by atoms with van der Waals surface area (Å²) in [5, 5.41) is 3.90. The summed E-state index contributed by atoms with van der Waals surface area (Å²) in [6.07, 6.45) is 2.19. The van der Waals surface area contributed by atoms with Gasteiger partial charge in [0.2, 0.25) is 0 Å². The predicted octanol–water partition coefficient (Wildman–Crippen LogP) is 2.00. The average molecular weight is 269 g/mol. The van der Waals surface area contributed by atoms with E-state index >= 15 is 0 Å². The molecule has 2 N–H and O–H groups in total. The van der Waals surface area contributed by atoms with E-state index < -0.39 is 0 Å². The lowest BCUT2D eigenvalue weighted by Gasteiger charge is -2.21. The standard InChI is InChI=1S/C13H17ClN2O2/c14-12-3-1-11(2-4-12)13(17)16-18-9-10-5-7-15-8-6-10/h1-4,10,15H,5-9H2,(H,16,17). The number of amides is 1. The van der Waals surface area contributed by atoms with Gasteiger partial charge in [0.1, 0.15) is 0 Å². The van der Waals surface area contributed by atoms with Crippen molar-refractivity contribution in [3.05, 3.63) is 34.9 Å². The number of hydrogen-bond acceptors (Lipinski definition) is 3. The van der Waals surface area contributed by atoms with Gasteiger partial charge < -0.3 is 5.32 Å². The molecular weight excluding hydrogens is 252 g/mol. The van der Waals surface area contributed by atoms with Gasteiger partial charge in [-0.05, 0) is 56.1 Å². The van der Waals surface area contributed by atoms with Crippen LogP contribution in [0.25, 0.3) is 0 Å². The molecular formula is C13H17ClN2O2. The Morgan fingerprint density at radius 2 is 2.00 bits per heavy atom. The molecule has 1 aromatic carbocycles. The van der Waals surface area contributed by atoms with Crippen molar-refractivity contribution in [1.82, 2.24) is 10.8 Å². The summed E-state index contributed by atoms with van der Waals surface area (Å²) in [6.45, 7) is 2.62. The van der Waals surface area contributed by atoms with Crippen LogP contribution in [-0.2, 0) is 4.84 Å². The van der Waals surface area contributed by atoms with Crippen LogP contribution >= 0.6 is 11.6 Å². The van der Waals surface area contributed by atoms with Gasteiger partial charge in [-0.2, -0.15) is 0 Å². The number of carbonyl (C=O) groups is 1. The SMILES string of the molecule is O=C(NOCC1CCNCC1)c1ccc(Cl)cc1. The van der Waals surface area contributed by atoms with E-state index in [1.165, 1.54) is 0 Å². The monoisotopic (exact) mass is 268 g/mol. The highest BCUT2D eigenvalue weighted by atomic mass is 35.5. The van der Waals surface area contributed by atoms with E-state index in [1.807, 2.05) is 0 Å². The predicted molar refractivity (Wildman–Crippen MR) is 70.5 cm³/mol. The van der Waals surface area contributed by atoms with E-state index in [0.29, 0.717) is 23.1 Å². The molecule has 0 aliphatic carbocycles. The molecule has 0 unspecified atom stereocenters. The summed E-state index contributed by atoms with van der Waals surface area (Å²) in [5.74, 6) is 0.289. The molecule has 0 spiro atoms. The zero-order valence-corrected chi connectivity index (χ0v) is 10.9. The molecule has 1 aliphatic heterocycles. The third kappa shape index (κ3) is 3.98. The largest absolute Gasteiger partial charge is 0.317 e. The van der Waals surface area contributed by atoms with E-state index in [0.717, 1.165) is 25.9 Å². The van der Waals surface area contributed by atoms with Gasteiger partial charge in [-0.3, -0.25) is 9.63 Å². The second-order valence-electron chi connectivity index (χ2n) is 4.44. The third-order valence-corrected chi connectivity index (χ3v) is 3.30. The maximum absolute atomic E-state index is 11.7. The van der Waals surface area contributed by atoms with E-state index in [4.69, 9.17) is 16.4 Å². The Morgan fingerprint density at radius 3 is 2.67 bits per heavy atom. The first kappa shape index (κ1) is 13.3. The summed E-state index contributed by atoms with van der Waals surface area (Å²) in [7, 11) is 0. The molecule has 0 atom stereocenters. The minimum Gasteiger partial charge on any atom is -0.317 e. The summed E-state index contributed by atoms with van der Waals surface area (Å²) < 4.78 is 0. The van der Waals surface area contributed by atoms with Crippen molar-refractivity contribution < 1.29 is 9.63 Å². The Kier molecular flexibility index (Phi) is 4.99. The van der Waals surface area contributed by atoms with Gasteiger partial charge in [0.25, 0.3) is 5.91 Å². The average Bonchev–Trinajstić information content (AvgIpc) is 2.40. The van der Waals surface area contributed by atoms with Crippen molar-refractivity contribution in [3.63, 3.8) is 0 Å². The number of hydrogen-bond donors (Lipinski definition) is 2. The highest BCUT2D eigenvalue weighted by molar-refractivity contribution is 6.30. The lowest BCUT2D eigenvalue weighted by molar-refractivity contribution is 0.0118. The highest BCUT2D eigenvalue weighted by Crippen LogP contribution is 2.12. The maximum atomic E-state index is 11.7. The first-order chi connectivity index (χ1) is 8.75. The zero-order valence-electron chi connectivity index (χ0n) is 10.1. The molecule has 2 rings (SSSR count). The second-order valence-corrected chi connectivity index (χ2v) is 4.88. The first-order valence-electron chi connectivity index (χ1n) is 6.14. The molecule has 18 heavy (non-hydrogen) atoms. The minimum absolute atomic E-state index is 0.236. The van der Waals surface area contributed by atoms with Crippen LogP contribution < -0.4 is 10.8 Å². The van der Waals surface area contributed by atoms with Crippen LogP contribution in [-0.4, -0.2) is 25.6 Å². The number of halogens is 1. The van der Waals surface area contributed by atoms with Gasteiger partial charge in [0.15, 0.2) is 0 Å². The van der Waals surface area contributed by atoms with Crippen LogP contribution in [0.5, 0.6) is 0 Å². The van der Waals surface area contributed by atoms with Crippen LogP contribution in [0.15, 0.2) is 24.3 Å². The molecule has 98 valence electrons. The van der Waals surface area contributed by atoms with Gasteiger partial charge in [0, 0.05) is 10.6 Å².